The molecule has 1 N–H and O–H groups in total. The Labute approximate surface area is 127 Å². The Kier molecular flexibility index (Phi) is 5.48. The molecule has 2 saturated heterocycles. The van der Waals surface area contributed by atoms with E-state index in [0.717, 1.165) is 38.8 Å². The zero-order valence-corrected chi connectivity index (χ0v) is 13.3. The van der Waals surface area contributed by atoms with Gasteiger partial charge in [-0.1, -0.05) is 13.8 Å². The molecular weight excluding hydrogens is 268 g/mol. The largest absolute Gasteiger partial charge is 0.481 e. The van der Waals surface area contributed by atoms with Crippen LogP contribution in [0.15, 0.2) is 0 Å². The van der Waals surface area contributed by atoms with Crippen molar-refractivity contribution >= 4 is 12.0 Å². The van der Waals surface area contributed by atoms with Crippen molar-refractivity contribution in [3.05, 3.63) is 0 Å². The van der Waals surface area contributed by atoms with Gasteiger partial charge in [0.1, 0.15) is 0 Å². The van der Waals surface area contributed by atoms with Crippen LogP contribution in [0.2, 0.25) is 0 Å². The summed E-state index contributed by atoms with van der Waals surface area (Å²) in [5.41, 5.74) is 0. The van der Waals surface area contributed by atoms with Crippen LogP contribution < -0.4 is 0 Å². The molecule has 5 heteroatoms. The van der Waals surface area contributed by atoms with Gasteiger partial charge in [-0.15, -0.1) is 0 Å². The second-order valence-electron chi connectivity index (χ2n) is 6.79. The molecule has 120 valence electrons. The van der Waals surface area contributed by atoms with Crippen LogP contribution in [0, 0.1) is 11.8 Å². The summed E-state index contributed by atoms with van der Waals surface area (Å²) in [6, 6.07) is -0.0534. The minimum absolute atomic E-state index is 0.0585. The number of nitrogens with zero attached hydrogens (tertiary/aromatic N) is 2. The fraction of sp³-hybridized carbons (Fsp3) is 0.875. The van der Waals surface area contributed by atoms with Gasteiger partial charge in [-0.2, -0.15) is 0 Å². The van der Waals surface area contributed by atoms with Crippen LogP contribution in [0.1, 0.15) is 52.4 Å². The Morgan fingerprint density at radius 2 is 1.81 bits per heavy atom. The molecule has 2 unspecified atom stereocenters. The molecule has 0 aromatic rings. The first-order valence-corrected chi connectivity index (χ1v) is 8.26. The summed E-state index contributed by atoms with van der Waals surface area (Å²) in [7, 11) is 0. The van der Waals surface area contributed by atoms with Crippen molar-refractivity contribution in [1.29, 1.82) is 0 Å². The van der Waals surface area contributed by atoms with Crippen molar-refractivity contribution < 1.29 is 14.7 Å². The van der Waals surface area contributed by atoms with Crippen LogP contribution in [0.4, 0.5) is 4.79 Å². The number of carbonyl (C=O) groups excluding carboxylic acids is 1. The summed E-state index contributed by atoms with van der Waals surface area (Å²) in [5, 5.41) is 8.97. The zero-order chi connectivity index (χ0) is 15.4. The number of hydrogen-bond donors (Lipinski definition) is 1. The molecule has 0 aromatic heterocycles. The van der Waals surface area contributed by atoms with Crippen LogP contribution >= 0.6 is 0 Å². The number of rotatable bonds is 3. The van der Waals surface area contributed by atoms with E-state index in [9.17, 15) is 9.59 Å². The maximum atomic E-state index is 12.7. The van der Waals surface area contributed by atoms with Gasteiger partial charge in [0.05, 0.1) is 6.42 Å². The maximum absolute atomic E-state index is 12.7. The lowest BCUT2D eigenvalue weighted by Crippen LogP contribution is -2.46. The van der Waals surface area contributed by atoms with Crippen molar-refractivity contribution in [3.63, 3.8) is 0 Å². The summed E-state index contributed by atoms with van der Waals surface area (Å²) in [5.74, 6) is 0.568. The van der Waals surface area contributed by atoms with E-state index >= 15 is 0 Å². The summed E-state index contributed by atoms with van der Waals surface area (Å²) in [6.07, 6.45) is 5.15. The first-order valence-electron chi connectivity index (χ1n) is 8.26. The molecule has 0 aliphatic carbocycles. The molecule has 0 spiro atoms. The topological polar surface area (TPSA) is 60.9 Å². The monoisotopic (exact) mass is 296 g/mol. The van der Waals surface area contributed by atoms with Crippen molar-refractivity contribution in [2.45, 2.75) is 58.4 Å². The summed E-state index contributed by atoms with van der Waals surface area (Å²) < 4.78 is 0. The van der Waals surface area contributed by atoms with Gasteiger partial charge in [-0.25, -0.2) is 4.79 Å². The Balaban J connectivity index is 1.94. The van der Waals surface area contributed by atoms with Crippen LogP contribution in [-0.4, -0.2) is 52.6 Å². The van der Waals surface area contributed by atoms with Gasteiger partial charge < -0.3 is 14.9 Å². The summed E-state index contributed by atoms with van der Waals surface area (Å²) >= 11 is 0. The minimum Gasteiger partial charge on any atom is -0.481 e. The molecule has 2 heterocycles. The van der Waals surface area contributed by atoms with Gasteiger partial charge in [0.15, 0.2) is 0 Å². The fourth-order valence-electron chi connectivity index (χ4n) is 3.66. The van der Waals surface area contributed by atoms with Gasteiger partial charge in [-0.05, 0) is 43.9 Å². The molecule has 0 aromatic carbocycles. The average Bonchev–Trinajstić information content (AvgIpc) is 2.72. The summed E-state index contributed by atoms with van der Waals surface area (Å²) in [6.45, 7) is 6.86. The average molecular weight is 296 g/mol. The maximum Gasteiger partial charge on any atom is 0.320 e. The van der Waals surface area contributed by atoms with Crippen LogP contribution in [0.5, 0.6) is 0 Å². The predicted molar refractivity (Wildman–Crippen MR) is 81.1 cm³/mol. The normalized spacial score (nSPS) is 27.0. The number of amides is 2. The van der Waals surface area contributed by atoms with Gasteiger partial charge in [0.2, 0.25) is 0 Å². The number of hydrogen-bond acceptors (Lipinski definition) is 2. The standard InChI is InChI=1S/C16H28N2O3/c1-12(2)13-5-3-8-17(10-7-13)16(21)18-9-4-6-14(18)11-15(19)20/h12-14H,3-11H2,1-2H3,(H,19,20). The van der Waals surface area contributed by atoms with E-state index in [1.807, 2.05) is 4.90 Å². The Bertz CT molecular complexity index is 384. The van der Waals surface area contributed by atoms with Crippen molar-refractivity contribution in [2.75, 3.05) is 19.6 Å². The van der Waals surface area contributed by atoms with Crippen LogP contribution in [0.3, 0.4) is 0 Å². The lowest BCUT2D eigenvalue weighted by molar-refractivity contribution is -0.138. The molecule has 2 rings (SSSR count). The highest BCUT2D eigenvalue weighted by Crippen LogP contribution is 2.27. The zero-order valence-electron chi connectivity index (χ0n) is 13.3. The highest BCUT2D eigenvalue weighted by molar-refractivity contribution is 5.76. The SMILES string of the molecule is CC(C)C1CCCN(C(=O)N2CCCC2CC(=O)O)CC1. The van der Waals surface area contributed by atoms with Gasteiger partial charge in [-0.3, -0.25) is 4.79 Å². The molecule has 0 bridgehead atoms. The first-order chi connectivity index (χ1) is 9.99. The smallest absolute Gasteiger partial charge is 0.320 e. The summed E-state index contributed by atoms with van der Waals surface area (Å²) in [4.78, 5) is 27.3. The third-order valence-electron chi connectivity index (χ3n) is 5.02. The molecular formula is C16H28N2O3. The number of urea groups is 1. The van der Waals surface area contributed by atoms with E-state index < -0.39 is 5.97 Å². The molecule has 2 aliphatic rings. The van der Waals surface area contributed by atoms with Crippen molar-refractivity contribution in [2.24, 2.45) is 11.8 Å². The lowest BCUT2D eigenvalue weighted by atomic mass is 9.89. The third kappa shape index (κ3) is 4.11. The molecule has 2 atom stereocenters. The third-order valence-corrected chi connectivity index (χ3v) is 5.02. The predicted octanol–water partition coefficient (Wildman–Crippen LogP) is 2.80. The quantitative estimate of drug-likeness (QED) is 0.871. The second-order valence-corrected chi connectivity index (χ2v) is 6.79. The molecule has 0 saturated carbocycles. The number of carboxylic acids is 1. The molecule has 5 nitrogen and oxygen atoms in total. The van der Waals surface area contributed by atoms with Crippen molar-refractivity contribution in [3.8, 4) is 0 Å². The molecule has 21 heavy (non-hydrogen) atoms. The van der Waals surface area contributed by atoms with Crippen LogP contribution in [-0.2, 0) is 4.79 Å². The highest BCUT2D eigenvalue weighted by atomic mass is 16.4. The Morgan fingerprint density at radius 1 is 1.10 bits per heavy atom. The van der Waals surface area contributed by atoms with E-state index in [-0.39, 0.29) is 18.5 Å². The van der Waals surface area contributed by atoms with Crippen LogP contribution in [0.25, 0.3) is 0 Å². The molecule has 2 fully saturated rings. The van der Waals surface area contributed by atoms with Gasteiger partial charge >= 0.3 is 12.0 Å². The number of likely N-dealkylation sites (tertiary alicyclic amines) is 2. The van der Waals surface area contributed by atoms with E-state index in [0.29, 0.717) is 18.4 Å². The van der Waals surface area contributed by atoms with E-state index in [2.05, 4.69) is 13.8 Å². The van der Waals surface area contributed by atoms with E-state index in [4.69, 9.17) is 5.11 Å². The second kappa shape index (κ2) is 7.14. The van der Waals surface area contributed by atoms with Gasteiger partial charge in [0, 0.05) is 25.7 Å². The minimum atomic E-state index is -0.810. The van der Waals surface area contributed by atoms with Gasteiger partial charge in [0.25, 0.3) is 0 Å². The number of aliphatic carboxylic acids is 1. The molecule has 2 amide bonds. The highest BCUT2D eigenvalue weighted by Gasteiger charge is 2.33. The molecule has 2 aliphatic heterocycles. The number of carbonyl (C=O) groups is 2. The number of carboxylic acid groups (broad SMARTS) is 1. The lowest BCUT2D eigenvalue weighted by Gasteiger charge is -2.30. The van der Waals surface area contributed by atoms with Crippen molar-refractivity contribution in [1.82, 2.24) is 9.80 Å². The van der Waals surface area contributed by atoms with E-state index in [1.54, 1.807) is 4.90 Å². The Morgan fingerprint density at radius 3 is 2.48 bits per heavy atom. The van der Waals surface area contributed by atoms with E-state index in [1.165, 1.54) is 6.42 Å². The fourth-order valence-corrected chi connectivity index (χ4v) is 3.66. The Hall–Kier alpha value is -1.26. The molecule has 0 radical (unpaired) electrons. The first kappa shape index (κ1) is 16.1.